The van der Waals surface area contributed by atoms with Gasteiger partial charge in [0.15, 0.2) is 0 Å². The van der Waals surface area contributed by atoms with Gasteiger partial charge >= 0.3 is 0 Å². The Bertz CT molecular complexity index is 467. The lowest BCUT2D eigenvalue weighted by Gasteiger charge is -2.18. The van der Waals surface area contributed by atoms with Gasteiger partial charge in [-0.25, -0.2) is 0 Å². The van der Waals surface area contributed by atoms with Crippen LogP contribution in [0.15, 0.2) is 41.8 Å². The smallest absolute Gasteiger partial charge is 0.134 e. The van der Waals surface area contributed by atoms with Crippen molar-refractivity contribution in [3.8, 4) is 11.5 Å². The van der Waals surface area contributed by atoms with Crippen LogP contribution in [0.5, 0.6) is 11.5 Å². The first-order valence-electron chi connectivity index (χ1n) is 6.32. The molecule has 0 aliphatic carbocycles. The van der Waals surface area contributed by atoms with Crippen LogP contribution in [0.4, 0.5) is 0 Å². The summed E-state index contributed by atoms with van der Waals surface area (Å²) in [5.41, 5.74) is 0. The first-order valence-corrected chi connectivity index (χ1v) is 7.20. The average molecular weight is 277 g/mol. The summed E-state index contributed by atoms with van der Waals surface area (Å²) < 4.78 is 11.2. The fourth-order valence-electron chi connectivity index (χ4n) is 1.83. The number of hydrogen-bond acceptors (Lipinski definition) is 4. The number of ether oxygens (including phenoxy) is 2. The summed E-state index contributed by atoms with van der Waals surface area (Å²) in [5, 5.41) is 5.25. The SMILES string of the molecule is CNCCC(Oc1ccc(OC)cc1)c1cccs1. The molecule has 1 aromatic heterocycles. The maximum Gasteiger partial charge on any atom is 0.134 e. The summed E-state index contributed by atoms with van der Waals surface area (Å²) in [6.07, 6.45) is 1.05. The molecule has 0 saturated heterocycles. The zero-order chi connectivity index (χ0) is 13.5. The van der Waals surface area contributed by atoms with Gasteiger partial charge in [0.05, 0.1) is 7.11 Å². The number of thiophene rings is 1. The maximum absolute atomic E-state index is 6.08. The number of nitrogens with one attached hydrogen (secondary N) is 1. The Labute approximate surface area is 118 Å². The molecule has 4 heteroatoms. The zero-order valence-corrected chi connectivity index (χ0v) is 12.1. The second-order valence-corrected chi connectivity index (χ2v) is 5.17. The van der Waals surface area contributed by atoms with Gasteiger partial charge in [-0.05, 0) is 49.3 Å². The van der Waals surface area contributed by atoms with Crippen molar-refractivity contribution < 1.29 is 9.47 Å². The van der Waals surface area contributed by atoms with Crippen molar-refractivity contribution in [2.45, 2.75) is 12.5 Å². The van der Waals surface area contributed by atoms with Crippen LogP contribution in [0.2, 0.25) is 0 Å². The van der Waals surface area contributed by atoms with E-state index in [9.17, 15) is 0 Å². The van der Waals surface area contributed by atoms with E-state index in [0.29, 0.717) is 0 Å². The molecule has 1 aromatic carbocycles. The van der Waals surface area contributed by atoms with Crippen LogP contribution >= 0.6 is 11.3 Å². The Hall–Kier alpha value is -1.52. The lowest BCUT2D eigenvalue weighted by molar-refractivity contribution is 0.198. The van der Waals surface area contributed by atoms with Crippen LogP contribution in [-0.4, -0.2) is 20.7 Å². The normalized spacial score (nSPS) is 12.1. The Morgan fingerprint density at radius 1 is 1.16 bits per heavy atom. The van der Waals surface area contributed by atoms with Crippen LogP contribution in [0.25, 0.3) is 0 Å². The molecule has 1 heterocycles. The molecule has 1 atom stereocenters. The quantitative estimate of drug-likeness (QED) is 0.840. The van der Waals surface area contributed by atoms with Crippen LogP contribution in [0.1, 0.15) is 17.4 Å². The highest BCUT2D eigenvalue weighted by Gasteiger charge is 2.14. The molecular weight excluding hydrogens is 258 g/mol. The topological polar surface area (TPSA) is 30.5 Å². The monoisotopic (exact) mass is 277 g/mol. The molecule has 2 rings (SSSR count). The first kappa shape index (κ1) is 13.9. The number of methoxy groups -OCH3 is 1. The van der Waals surface area contributed by atoms with Gasteiger partial charge in [0.25, 0.3) is 0 Å². The molecule has 3 nitrogen and oxygen atoms in total. The molecule has 2 aromatic rings. The maximum atomic E-state index is 6.08. The lowest BCUT2D eigenvalue weighted by atomic mass is 10.2. The third kappa shape index (κ3) is 3.98. The van der Waals surface area contributed by atoms with Gasteiger partial charge in [-0.15, -0.1) is 11.3 Å². The molecular formula is C15H19NO2S. The second-order valence-electron chi connectivity index (χ2n) is 4.19. The van der Waals surface area contributed by atoms with Crippen molar-refractivity contribution in [2.75, 3.05) is 20.7 Å². The summed E-state index contributed by atoms with van der Waals surface area (Å²) in [6, 6.07) is 11.9. The molecule has 0 amide bonds. The van der Waals surface area contributed by atoms with E-state index in [1.165, 1.54) is 4.88 Å². The molecule has 19 heavy (non-hydrogen) atoms. The summed E-state index contributed by atoms with van der Waals surface area (Å²) in [7, 11) is 3.62. The molecule has 0 bridgehead atoms. The summed E-state index contributed by atoms with van der Waals surface area (Å²) in [6.45, 7) is 0.929. The Morgan fingerprint density at radius 2 is 1.89 bits per heavy atom. The molecule has 0 aliphatic heterocycles. The van der Waals surface area contributed by atoms with Gasteiger partial charge in [-0.2, -0.15) is 0 Å². The highest BCUT2D eigenvalue weighted by atomic mass is 32.1. The largest absolute Gasteiger partial charge is 0.497 e. The number of rotatable bonds is 7. The number of hydrogen-bond donors (Lipinski definition) is 1. The van der Waals surface area contributed by atoms with Crippen LogP contribution in [0.3, 0.4) is 0 Å². The third-order valence-corrected chi connectivity index (χ3v) is 3.82. The van der Waals surface area contributed by atoms with Crippen molar-refractivity contribution in [3.05, 3.63) is 46.7 Å². The van der Waals surface area contributed by atoms with Gasteiger partial charge in [0, 0.05) is 11.3 Å². The predicted molar refractivity (Wildman–Crippen MR) is 79.2 cm³/mol. The Morgan fingerprint density at radius 3 is 2.47 bits per heavy atom. The summed E-state index contributed by atoms with van der Waals surface area (Å²) in [5.74, 6) is 1.71. The minimum absolute atomic E-state index is 0.0980. The van der Waals surface area contributed by atoms with Gasteiger partial charge in [0.2, 0.25) is 0 Å². The molecule has 102 valence electrons. The van der Waals surface area contributed by atoms with Crippen molar-refractivity contribution in [1.29, 1.82) is 0 Å². The predicted octanol–water partition coefficient (Wildman–Crippen LogP) is 3.49. The van der Waals surface area contributed by atoms with Gasteiger partial charge in [0.1, 0.15) is 17.6 Å². The van der Waals surface area contributed by atoms with E-state index < -0.39 is 0 Å². The van der Waals surface area contributed by atoms with Gasteiger partial charge in [-0.3, -0.25) is 0 Å². The minimum atomic E-state index is 0.0980. The van der Waals surface area contributed by atoms with E-state index in [4.69, 9.17) is 9.47 Å². The van der Waals surface area contributed by atoms with Crippen LogP contribution in [0, 0.1) is 0 Å². The highest BCUT2D eigenvalue weighted by molar-refractivity contribution is 7.10. The second kappa shape index (κ2) is 7.16. The molecule has 0 saturated carbocycles. The highest BCUT2D eigenvalue weighted by Crippen LogP contribution is 2.28. The summed E-state index contributed by atoms with van der Waals surface area (Å²) >= 11 is 1.73. The van der Waals surface area contributed by atoms with E-state index >= 15 is 0 Å². The fraction of sp³-hybridized carbons (Fsp3) is 0.333. The first-order chi connectivity index (χ1) is 9.33. The standard InChI is InChI=1S/C15H19NO2S/c1-16-10-9-14(15-4-3-11-19-15)18-13-7-5-12(17-2)6-8-13/h3-8,11,14,16H,9-10H2,1-2H3. The Kier molecular flexibility index (Phi) is 5.24. The summed E-state index contributed by atoms with van der Waals surface area (Å²) in [4.78, 5) is 1.26. The lowest BCUT2D eigenvalue weighted by Crippen LogP contribution is -2.15. The molecule has 1 unspecified atom stereocenters. The van der Waals surface area contributed by atoms with Crippen molar-refractivity contribution >= 4 is 11.3 Å². The minimum Gasteiger partial charge on any atom is -0.497 e. The van der Waals surface area contributed by atoms with Gasteiger partial charge in [-0.1, -0.05) is 6.07 Å². The fourth-order valence-corrected chi connectivity index (χ4v) is 2.62. The van der Waals surface area contributed by atoms with Crippen molar-refractivity contribution in [3.63, 3.8) is 0 Å². The zero-order valence-electron chi connectivity index (χ0n) is 11.3. The van der Waals surface area contributed by atoms with Crippen molar-refractivity contribution in [1.82, 2.24) is 5.32 Å². The molecule has 1 N–H and O–H groups in total. The van der Waals surface area contributed by atoms with Crippen LogP contribution in [-0.2, 0) is 0 Å². The van der Waals surface area contributed by atoms with E-state index in [2.05, 4.69) is 22.8 Å². The van der Waals surface area contributed by atoms with E-state index in [1.807, 2.05) is 31.3 Å². The third-order valence-electron chi connectivity index (χ3n) is 2.85. The van der Waals surface area contributed by atoms with Gasteiger partial charge < -0.3 is 14.8 Å². The molecule has 0 radical (unpaired) electrons. The average Bonchev–Trinajstić information content (AvgIpc) is 2.98. The van der Waals surface area contributed by atoms with E-state index in [-0.39, 0.29) is 6.10 Å². The molecule has 0 aliphatic rings. The number of benzene rings is 1. The Balaban J connectivity index is 2.06. The molecule has 0 spiro atoms. The van der Waals surface area contributed by atoms with E-state index in [0.717, 1.165) is 24.5 Å². The molecule has 0 fully saturated rings. The van der Waals surface area contributed by atoms with E-state index in [1.54, 1.807) is 18.4 Å². The van der Waals surface area contributed by atoms with Crippen molar-refractivity contribution in [2.24, 2.45) is 0 Å². The van der Waals surface area contributed by atoms with Crippen LogP contribution < -0.4 is 14.8 Å².